The summed E-state index contributed by atoms with van der Waals surface area (Å²) in [5.74, 6) is -0.181. The monoisotopic (exact) mass is 516 g/mol. The summed E-state index contributed by atoms with van der Waals surface area (Å²) in [5.41, 5.74) is 0.0167. The van der Waals surface area contributed by atoms with Gasteiger partial charge >= 0.3 is 0 Å². The number of carbonyl (C=O) groups excluding carboxylic acids is 1. The van der Waals surface area contributed by atoms with Crippen LogP contribution >= 0.6 is 22.9 Å². The Morgan fingerprint density at radius 1 is 1.37 bits per heavy atom. The molecule has 0 bridgehead atoms. The number of terminal acetylenes is 1. The van der Waals surface area contributed by atoms with Crippen molar-refractivity contribution in [1.29, 1.82) is 0 Å². The number of nitrogens with zero attached hydrogens (tertiary/aromatic N) is 2. The molecule has 10 heteroatoms. The van der Waals surface area contributed by atoms with E-state index in [1.54, 1.807) is 34.5 Å². The van der Waals surface area contributed by atoms with Gasteiger partial charge in [0, 0.05) is 41.8 Å². The van der Waals surface area contributed by atoms with Gasteiger partial charge in [0.05, 0.1) is 17.7 Å². The number of halogens is 3. The van der Waals surface area contributed by atoms with E-state index in [2.05, 4.69) is 21.5 Å². The first kappa shape index (κ1) is 25.1. The summed E-state index contributed by atoms with van der Waals surface area (Å²) in [6, 6.07) is 9.10. The Morgan fingerprint density at radius 2 is 2.06 bits per heavy atom. The third-order valence-electron chi connectivity index (χ3n) is 6.04. The quantitative estimate of drug-likeness (QED) is 0.431. The molecule has 2 aromatic carbocycles. The fourth-order valence-electron chi connectivity index (χ4n) is 3.95. The average molecular weight is 517 g/mol. The van der Waals surface area contributed by atoms with Gasteiger partial charge < -0.3 is 15.3 Å². The topological polar surface area (TPSA) is 77.5 Å². The molecule has 0 saturated carbocycles. The maximum Gasteiger partial charge on any atom is 0.263 e. The number of benzene rings is 2. The average Bonchev–Trinajstić information content (AvgIpc) is 3.32. The number of carbonyl (C=O) groups is 1. The normalized spacial score (nSPS) is 17.5. The second-order valence-electron chi connectivity index (χ2n) is 8.33. The van der Waals surface area contributed by atoms with E-state index in [9.17, 15) is 18.7 Å². The highest BCUT2D eigenvalue weighted by atomic mass is 35.5. The fraction of sp³-hybridized carbons (Fsp3) is 0.280. The molecule has 1 saturated heterocycles. The number of hydrogen-bond acceptors (Lipinski definition) is 6. The zero-order valence-corrected chi connectivity index (χ0v) is 20.4. The lowest BCUT2D eigenvalue weighted by Gasteiger charge is -2.34. The van der Waals surface area contributed by atoms with E-state index in [1.165, 1.54) is 0 Å². The molecule has 3 aromatic rings. The minimum atomic E-state index is -0.983. The van der Waals surface area contributed by atoms with Gasteiger partial charge in [0.1, 0.15) is 17.2 Å². The second kappa shape index (κ2) is 10.3. The molecular weight excluding hydrogens is 494 g/mol. The molecule has 2 atom stereocenters. The third kappa shape index (κ3) is 5.16. The Morgan fingerprint density at radius 3 is 2.69 bits per heavy atom. The maximum absolute atomic E-state index is 14.9. The molecule has 6 nitrogen and oxygen atoms in total. The van der Waals surface area contributed by atoms with Crippen molar-refractivity contribution in [2.24, 2.45) is 0 Å². The van der Waals surface area contributed by atoms with Crippen molar-refractivity contribution in [1.82, 2.24) is 10.3 Å². The van der Waals surface area contributed by atoms with Crippen molar-refractivity contribution in [2.75, 3.05) is 36.5 Å². The van der Waals surface area contributed by atoms with Crippen molar-refractivity contribution in [3.05, 3.63) is 75.3 Å². The molecule has 0 radical (unpaired) electrons. The standard InChI is InChI=1S/C25H23ClF2N4O2S/c1-3-25(2,15-4-6-16(26)7-5-15)21-14-35-24(30-21)31-23(34)22-19(27)10-18(11-20(22)28)32-9-8-29-17(12-32)13-33/h1,4-7,10-11,14,17,29,33H,8-9,12-13H2,2H3,(H,30,31,34). The van der Waals surface area contributed by atoms with E-state index >= 15 is 0 Å². The molecule has 2 unspecified atom stereocenters. The molecule has 1 aromatic heterocycles. The van der Waals surface area contributed by atoms with Crippen molar-refractivity contribution in [2.45, 2.75) is 18.4 Å². The highest BCUT2D eigenvalue weighted by molar-refractivity contribution is 7.14. The summed E-state index contributed by atoms with van der Waals surface area (Å²) in [7, 11) is 0. The molecule has 1 amide bonds. The number of rotatable bonds is 6. The highest BCUT2D eigenvalue weighted by Gasteiger charge is 2.30. The molecule has 3 N–H and O–H groups in total. The first-order valence-corrected chi connectivity index (χ1v) is 12.1. The fourth-order valence-corrected chi connectivity index (χ4v) is 4.89. The third-order valence-corrected chi connectivity index (χ3v) is 7.05. The first-order chi connectivity index (χ1) is 16.7. The van der Waals surface area contributed by atoms with Gasteiger partial charge in [-0.25, -0.2) is 13.8 Å². The van der Waals surface area contributed by atoms with Crippen LogP contribution in [0.3, 0.4) is 0 Å². The van der Waals surface area contributed by atoms with Gasteiger partial charge in [0.15, 0.2) is 5.13 Å². The number of aromatic nitrogens is 1. The van der Waals surface area contributed by atoms with Gasteiger partial charge in [0.25, 0.3) is 5.91 Å². The van der Waals surface area contributed by atoms with Crippen molar-refractivity contribution in [3.8, 4) is 12.3 Å². The van der Waals surface area contributed by atoms with E-state index in [0.29, 0.717) is 36.0 Å². The summed E-state index contributed by atoms with van der Waals surface area (Å²) in [5, 5.41) is 17.4. The molecular formula is C25H23ClF2N4O2S. The van der Waals surface area contributed by atoms with Crippen LogP contribution in [-0.2, 0) is 5.41 Å². The summed E-state index contributed by atoms with van der Waals surface area (Å²) in [6.45, 7) is 3.20. The number of anilines is 2. The summed E-state index contributed by atoms with van der Waals surface area (Å²) >= 11 is 7.08. The zero-order chi connectivity index (χ0) is 25.2. The molecule has 1 aliphatic heterocycles. The van der Waals surface area contributed by atoms with E-state index in [0.717, 1.165) is 29.0 Å². The molecule has 35 heavy (non-hydrogen) atoms. The van der Waals surface area contributed by atoms with Crippen LogP contribution in [0.2, 0.25) is 5.02 Å². The van der Waals surface area contributed by atoms with Gasteiger partial charge in [-0.2, -0.15) is 0 Å². The van der Waals surface area contributed by atoms with E-state index in [4.69, 9.17) is 18.0 Å². The van der Waals surface area contributed by atoms with Crippen LogP contribution in [0.15, 0.2) is 41.8 Å². The SMILES string of the molecule is C#CC(C)(c1ccc(Cl)cc1)c1csc(NC(=O)c2c(F)cc(N3CCNC(CO)C3)cc2F)n1. The van der Waals surface area contributed by atoms with Crippen LogP contribution in [0.4, 0.5) is 19.6 Å². The highest BCUT2D eigenvalue weighted by Crippen LogP contribution is 2.34. The summed E-state index contributed by atoms with van der Waals surface area (Å²) in [4.78, 5) is 18.9. The van der Waals surface area contributed by atoms with Crippen LogP contribution in [0.25, 0.3) is 0 Å². The zero-order valence-electron chi connectivity index (χ0n) is 18.8. The van der Waals surface area contributed by atoms with Crippen molar-refractivity contribution < 1.29 is 18.7 Å². The Balaban J connectivity index is 1.54. The Kier molecular flexibility index (Phi) is 7.38. The molecule has 1 fully saturated rings. The van der Waals surface area contributed by atoms with Crippen LogP contribution < -0.4 is 15.5 Å². The molecule has 0 spiro atoms. The predicted octanol–water partition coefficient (Wildman–Crippen LogP) is 4.04. The lowest BCUT2D eigenvalue weighted by atomic mass is 9.81. The van der Waals surface area contributed by atoms with Gasteiger partial charge in [0.2, 0.25) is 0 Å². The van der Waals surface area contributed by atoms with Gasteiger partial charge in [-0.05, 0) is 36.8 Å². The van der Waals surface area contributed by atoms with E-state index in [-0.39, 0.29) is 17.8 Å². The predicted molar refractivity (Wildman–Crippen MR) is 134 cm³/mol. The number of hydrogen-bond donors (Lipinski definition) is 3. The molecule has 182 valence electrons. The first-order valence-electron chi connectivity index (χ1n) is 10.8. The van der Waals surface area contributed by atoms with Gasteiger partial charge in [-0.3, -0.25) is 10.1 Å². The van der Waals surface area contributed by atoms with E-state index < -0.39 is 28.5 Å². The van der Waals surface area contributed by atoms with Crippen LogP contribution in [0, 0.1) is 24.0 Å². The number of nitrogens with one attached hydrogen (secondary N) is 2. The lowest BCUT2D eigenvalue weighted by Crippen LogP contribution is -2.52. The lowest BCUT2D eigenvalue weighted by molar-refractivity contribution is 0.101. The largest absolute Gasteiger partial charge is 0.395 e. The number of thiazole rings is 1. The van der Waals surface area contributed by atoms with Crippen LogP contribution in [-0.4, -0.2) is 48.3 Å². The molecule has 4 rings (SSSR count). The van der Waals surface area contributed by atoms with Crippen LogP contribution in [0.1, 0.15) is 28.5 Å². The molecule has 0 aliphatic carbocycles. The maximum atomic E-state index is 14.9. The number of amides is 1. The Labute approximate surface area is 210 Å². The molecule has 2 heterocycles. The Bertz CT molecular complexity index is 1250. The summed E-state index contributed by atoms with van der Waals surface area (Å²) < 4.78 is 29.7. The number of aliphatic hydroxyl groups is 1. The van der Waals surface area contributed by atoms with Gasteiger partial charge in [-0.1, -0.05) is 29.7 Å². The number of piperazine rings is 1. The number of aliphatic hydroxyl groups excluding tert-OH is 1. The molecule has 1 aliphatic rings. The Hall–Kier alpha value is -3.03. The minimum absolute atomic E-state index is 0.0888. The van der Waals surface area contributed by atoms with Crippen molar-refractivity contribution in [3.63, 3.8) is 0 Å². The van der Waals surface area contributed by atoms with Gasteiger partial charge in [-0.15, -0.1) is 17.8 Å². The van der Waals surface area contributed by atoms with Crippen LogP contribution in [0.5, 0.6) is 0 Å². The van der Waals surface area contributed by atoms with E-state index in [1.807, 2.05) is 6.92 Å². The smallest absolute Gasteiger partial charge is 0.263 e. The van der Waals surface area contributed by atoms with Crippen molar-refractivity contribution >= 4 is 39.7 Å². The summed E-state index contributed by atoms with van der Waals surface area (Å²) in [6.07, 6.45) is 5.82. The minimum Gasteiger partial charge on any atom is -0.395 e. The second-order valence-corrected chi connectivity index (χ2v) is 9.63.